The quantitative estimate of drug-likeness (QED) is 0.661. The maximum atomic E-state index is 12.6. The molecule has 0 atom stereocenters. The third kappa shape index (κ3) is 4.55. The minimum Gasteiger partial charge on any atom is -0.494 e. The van der Waals surface area contributed by atoms with Crippen LogP contribution in [0.5, 0.6) is 17.2 Å². The van der Waals surface area contributed by atoms with Crippen molar-refractivity contribution in [1.29, 1.82) is 0 Å². The monoisotopic (exact) mass is 392 g/mol. The number of rotatable bonds is 6. The second kappa shape index (κ2) is 8.47. The zero-order valence-electron chi connectivity index (χ0n) is 15.8. The van der Waals surface area contributed by atoms with Gasteiger partial charge in [-0.3, -0.25) is 4.79 Å². The highest BCUT2D eigenvalue weighted by molar-refractivity contribution is 6.03. The SMILES string of the molecule is CCOc1ccc(Nc2cc(C(=O)Nc3ccc4c(c3)OCCO4)ncn2)cc1. The molecular formula is C21H20N4O4. The van der Waals surface area contributed by atoms with Gasteiger partial charge in [0.1, 0.15) is 36.8 Å². The van der Waals surface area contributed by atoms with Crippen molar-refractivity contribution < 1.29 is 19.0 Å². The van der Waals surface area contributed by atoms with Crippen molar-refractivity contribution >= 4 is 23.1 Å². The molecule has 29 heavy (non-hydrogen) atoms. The molecule has 0 bridgehead atoms. The van der Waals surface area contributed by atoms with Gasteiger partial charge < -0.3 is 24.8 Å². The van der Waals surface area contributed by atoms with Crippen LogP contribution in [0.15, 0.2) is 54.9 Å². The molecule has 0 radical (unpaired) electrons. The number of ether oxygens (including phenoxy) is 3. The van der Waals surface area contributed by atoms with E-state index in [9.17, 15) is 4.79 Å². The zero-order chi connectivity index (χ0) is 20.1. The molecule has 1 aliphatic rings. The lowest BCUT2D eigenvalue weighted by Gasteiger charge is -2.19. The molecule has 0 spiro atoms. The first-order valence-corrected chi connectivity index (χ1v) is 9.24. The van der Waals surface area contributed by atoms with E-state index in [4.69, 9.17) is 14.2 Å². The number of amides is 1. The molecule has 4 rings (SSSR count). The van der Waals surface area contributed by atoms with Gasteiger partial charge in [-0.1, -0.05) is 0 Å². The predicted octanol–water partition coefficient (Wildman–Crippen LogP) is 3.64. The Kier molecular flexibility index (Phi) is 5.42. The van der Waals surface area contributed by atoms with Crippen LogP contribution in [-0.2, 0) is 0 Å². The third-order valence-electron chi connectivity index (χ3n) is 4.14. The van der Waals surface area contributed by atoms with Crippen LogP contribution < -0.4 is 24.8 Å². The summed E-state index contributed by atoms with van der Waals surface area (Å²) in [7, 11) is 0. The van der Waals surface area contributed by atoms with E-state index in [1.165, 1.54) is 6.33 Å². The fraction of sp³-hybridized carbons (Fsp3) is 0.190. The molecule has 0 fully saturated rings. The Morgan fingerprint density at radius 3 is 2.55 bits per heavy atom. The fourth-order valence-corrected chi connectivity index (χ4v) is 2.82. The molecule has 0 saturated carbocycles. The van der Waals surface area contributed by atoms with Gasteiger partial charge in [0.2, 0.25) is 0 Å². The van der Waals surface area contributed by atoms with Gasteiger partial charge in [0.15, 0.2) is 11.5 Å². The van der Waals surface area contributed by atoms with E-state index in [-0.39, 0.29) is 11.6 Å². The summed E-state index contributed by atoms with van der Waals surface area (Å²) in [5.74, 6) is 2.23. The molecule has 2 heterocycles. The standard InChI is InChI=1S/C21H20N4O4/c1-2-27-16-6-3-14(4-7-16)24-20-12-17(22-13-23-20)21(26)25-15-5-8-18-19(11-15)29-10-9-28-18/h3-8,11-13H,2,9-10H2,1H3,(H,25,26)(H,22,23,24). The van der Waals surface area contributed by atoms with Crippen LogP contribution in [0.3, 0.4) is 0 Å². The number of benzene rings is 2. The van der Waals surface area contributed by atoms with E-state index in [1.54, 1.807) is 24.3 Å². The van der Waals surface area contributed by atoms with E-state index in [0.29, 0.717) is 42.8 Å². The molecule has 148 valence electrons. The first kappa shape index (κ1) is 18.5. The first-order chi connectivity index (χ1) is 14.2. The largest absolute Gasteiger partial charge is 0.494 e. The number of hydrogen-bond donors (Lipinski definition) is 2. The number of carbonyl (C=O) groups is 1. The zero-order valence-corrected chi connectivity index (χ0v) is 15.8. The van der Waals surface area contributed by atoms with Crippen LogP contribution >= 0.6 is 0 Å². The summed E-state index contributed by atoms with van der Waals surface area (Å²) in [6.07, 6.45) is 1.34. The number of hydrogen-bond acceptors (Lipinski definition) is 7. The summed E-state index contributed by atoms with van der Waals surface area (Å²) in [6.45, 7) is 3.55. The van der Waals surface area contributed by atoms with Gasteiger partial charge in [0.25, 0.3) is 5.91 Å². The van der Waals surface area contributed by atoms with Gasteiger partial charge in [0.05, 0.1) is 6.61 Å². The maximum absolute atomic E-state index is 12.6. The highest BCUT2D eigenvalue weighted by atomic mass is 16.6. The summed E-state index contributed by atoms with van der Waals surface area (Å²) in [5.41, 5.74) is 1.66. The predicted molar refractivity (Wildman–Crippen MR) is 108 cm³/mol. The molecule has 0 aliphatic carbocycles. The smallest absolute Gasteiger partial charge is 0.274 e. The number of aromatic nitrogens is 2. The second-order valence-corrected chi connectivity index (χ2v) is 6.18. The normalized spacial score (nSPS) is 12.2. The molecule has 0 saturated heterocycles. The number of nitrogens with one attached hydrogen (secondary N) is 2. The number of fused-ring (bicyclic) bond motifs is 1. The lowest BCUT2D eigenvalue weighted by atomic mass is 10.2. The minimum atomic E-state index is -0.348. The molecule has 2 N–H and O–H groups in total. The summed E-state index contributed by atoms with van der Waals surface area (Å²) in [5, 5.41) is 5.96. The Bertz CT molecular complexity index is 1010. The van der Waals surface area contributed by atoms with Crippen LogP contribution in [0, 0.1) is 0 Å². The van der Waals surface area contributed by atoms with Gasteiger partial charge in [0, 0.05) is 23.5 Å². The number of carbonyl (C=O) groups excluding carboxylic acids is 1. The highest BCUT2D eigenvalue weighted by Crippen LogP contribution is 2.32. The van der Waals surface area contributed by atoms with E-state index in [1.807, 2.05) is 31.2 Å². The molecule has 1 aliphatic heterocycles. The molecular weight excluding hydrogens is 372 g/mol. The Labute approximate surface area is 167 Å². The number of anilines is 3. The van der Waals surface area contributed by atoms with E-state index in [2.05, 4.69) is 20.6 Å². The van der Waals surface area contributed by atoms with Gasteiger partial charge in [-0.05, 0) is 43.3 Å². The van der Waals surface area contributed by atoms with Crippen molar-refractivity contribution in [2.75, 3.05) is 30.5 Å². The minimum absolute atomic E-state index is 0.239. The van der Waals surface area contributed by atoms with Crippen molar-refractivity contribution in [2.24, 2.45) is 0 Å². The average molecular weight is 392 g/mol. The van der Waals surface area contributed by atoms with Crippen molar-refractivity contribution in [3.05, 3.63) is 60.6 Å². The lowest BCUT2D eigenvalue weighted by molar-refractivity contribution is 0.102. The first-order valence-electron chi connectivity index (χ1n) is 9.24. The van der Waals surface area contributed by atoms with Crippen LogP contribution in [0.1, 0.15) is 17.4 Å². The fourth-order valence-electron chi connectivity index (χ4n) is 2.82. The van der Waals surface area contributed by atoms with Gasteiger partial charge in [-0.15, -0.1) is 0 Å². The molecule has 3 aromatic rings. The maximum Gasteiger partial charge on any atom is 0.274 e. The summed E-state index contributed by atoms with van der Waals surface area (Å²) < 4.78 is 16.5. The Morgan fingerprint density at radius 1 is 1.00 bits per heavy atom. The van der Waals surface area contributed by atoms with Gasteiger partial charge in [-0.25, -0.2) is 9.97 Å². The van der Waals surface area contributed by atoms with E-state index < -0.39 is 0 Å². The second-order valence-electron chi connectivity index (χ2n) is 6.18. The molecule has 1 amide bonds. The van der Waals surface area contributed by atoms with Crippen LogP contribution in [-0.4, -0.2) is 35.7 Å². The van der Waals surface area contributed by atoms with Gasteiger partial charge in [-0.2, -0.15) is 0 Å². The topological polar surface area (TPSA) is 94.6 Å². The Hall–Kier alpha value is -3.81. The Balaban J connectivity index is 1.44. The Morgan fingerprint density at radius 2 is 1.76 bits per heavy atom. The molecule has 8 heteroatoms. The number of nitrogens with zero attached hydrogens (tertiary/aromatic N) is 2. The summed E-state index contributed by atoms with van der Waals surface area (Å²) in [4.78, 5) is 20.8. The molecule has 0 unspecified atom stereocenters. The van der Waals surface area contributed by atoms with Crippen molar-refractivity contribution in [2.45, 2.75) is 6.92 Å². The highest BCUT2D eigenvalue weighted by Gasteiger charge is 2.14. The van der Waals surface area contributed by atoms with Gasteiger partial charge >= 0.3 is 0 Å². The van der Waals surface area contributed by atoms with Crippen molar-refractivity contribution in [1.82, 2.24) is 9.97 Å². The molecule has 1 aromatic heterocycles. The van der Waals surface area contributed by atoms with E-state index in [0.717, 1.165) is 11.4 Å². The molecule has 2 aromatic carbocycles. The summed E-state index contributed by atoms with van der Waals surface area (Å²) >= 11 is 0. The van der Waals surface area contributed by atoms with Crippen LogP contribution in [0.25, 0.3) is 0 Å². The average Bonchev–Trinajstić information content (AvgIpc) is 2.75. The van der Waals surface area contributed by atoms with Crippen LogP contribution in [0.4, 0.5) is 17.2 Å². The van der Waals surface area contributed by atoms with E-state index >= 15 is 0 Å². The summed E-state index contributed by atoms with van der Waals surface area (Å²) in [6, 6.07) is 14.3. The van der Waals surface area contributed by atoms with Crippen molar-refractivity contribution in [3.8, 4) is 17.2 Å². The molecule has 8 nitrogen and oxygen atoms in total. The van der Waals surface area contributed by atoms with Crippen molar-refractivity contribution in [3.63, 3.8) is 0 Å². The lowest BCUT2D eigenvalue weighted by Crippen LogP contribution is -2.17. The van der Waals surface area contributed by atoms with Crippen LogP contribution in [0.2, 0.25) is 0 Å². The third-order valence-corrected chi connectivity index (χ3v) is 4.14.